The number of hydrogen-bond acceptors (Lipinski definition) is 0. The van der Waals surface area contributed by atoms with E-state index >= 15 is 0 Å². The van der Waals surface area contributed by atoms with Gasteiger partial charge in [-0.25, -0.2) is 0 Å². The molecular formula is C40H42Cl8Si3Zr. The van der Waals surface area contributed by atoms with Crippen molar-refractivity contribution in [2.75, 3.05) is 0 Å². The van der Waals surface area contributed by atoms with E-state index in [1.54, 1.807) is 0 Å². The van der Waals surface area contributed by atoms with Crippen LogP contribution in [0.4, 0.5) is 0 Å². The van der Waals surface area contributed by atoms with Crippen LogP contribution in [0.25, 0.3) is 43.8 Å². The van der Waals surface area contributed by atoms with Crippen LogP contribution in [0.15, 0.2) is 121 Å². The molecule has 0 aliphatic heterocycles. The second-order valence-electron chi connectivity index (χ2n) is 12.4. The topological polar surface area (TPSA) is 0 Å². The molecule has 0 spiro atoms. The third-order valence-electron chi connectivity index (χ3n) is 8.09. The van der Waals surface area contributed by atoms with Gasteiger partial charge in [0.15, 0.2) is 0 Å². The Kier molecular flexibility index (Phi) is 21.9. The summed E-state index contributed by atoms with van der Waals surface area (Å²) in [5, 5.41) is 5.37. The summed E-state index contributed by atoms with van der Waals surface area (Å²) >= 11 is 33.9. The monoisotopic (exact) mass is 976 g/mol. The third-order valence-corrected chi connectivity index (χ3v) is 14.7. The number of unbranched alkanes of at least 4 members (excludes halogenated alkanes) is 2. The molecular weight excluding hydrogens is 940 g/mol. The number of halogens is 8. The summed E-state index contributed by atoms with van der Waals surface area (Å²) < 4.78 is 0. The van der Waals surface area contributed by atoms with Crippen LogP contribution >= 0.6 is 83.5 Å². The zero-order valence-electron chi connectivity index (χ0n) is 29.2. The van der Waals surface area contributed by atoms with Crippen LogP contribution in [0.1, 0.15) is 36.8 Å². The zero-order chi connectivity index (χ0) is 38.0. The molecule has 274 valence electrons. The molecule has 6 rings (SSSR count). The van der Waals surface area contributed by atoms with E-state index in [9.17, 15) is 0 Å². The van der Waals surface area contributed by atoms with Crippen molar-refractivity contribution < 1.29 is 20.8 Å². The molecule has 0 unspecified atom stereocenters. The standard InChI is InChI=1S/2C16H13.C8H16Cl6Si3.2ClH.Zr/c2*1-12-10-14-8-5-9-15(16(14)11-12)13-6-3-2-4-7-13;9-16(10,11)7-3-1-5-15-6-2-4-8-17(12,13)14;;;/h2*2-11H,1H3;1-8H2;2*1H;/q2*-1;;;;+4/p-2. The minimum atomic E-state index is -2.38. The Morgan fingerprint density at radius 2 is 0.885 bits per heavy atom. The average molecular weight is 982 g/mol. The first-order chi connectivity index (χ1) is 24.8. The summed E-state index contributed by atoms with van der Waals surface area (Å²) in [6, 6.07) is 42.4. The zero-order valence-corrected chi connectivity index (χ0v) is 40.7. The molecule has 0 amide bonds. The van der Waals surface area contributed by atoms with E-state index in [0.717, 1.165) is 34.4 Å². The van der Waals surface area contributed by atoms with Gasteiger partial charge in [0.25, 0.3) is 0 Å². The molecule has 0 N–H and O–H groups in total. The van der Waals surface area contributed by atoms with Gasteiger partial charge in [0.1, 0.15) is 0 Å². The van der Waals surface area contributed by atoms with Crippen LogP contribution in [0.5, 0.6) is 0 Å². The van der Waals surface area contributed by atoms with Crippen molar-refractivity contribution in [2.24, 2.45) is 0 Å². The predicted octanol–water partition coefficient (Wildman–Crippen LogP) is 16.8. The van der Waals surface area contributed by atoms with E-state index in [0.29, 0.717) is 0 Å². The molecule has 0 nitrogen and oxygen atoms in total. The van der Waals surface area contributed by atoms with E-state index in [1.807, 2.05) is 0 Å². The summed E-state index contributed by atoms with van der Waals surface area (Å²) in [5.74, 6) is 0. The maximum absolute atomic E-state index is 5.80. The summed E-state index contributed by atoms with van der Waals surface area (Å²) in [4.78, 5) is 0. The van der Waals surface area contributed by atoms with E-state index in [2.05, 4.69) is 135 Å². The first kappa shape index (κ1) is 46.3. The molecule has 0 aliphatic rings. The molecule has 12 heteroatoms. The Hall–Kier alpha value is -0.0462. The van der Waals surface area contributed by atoms with Crippen LogP contribution < -0.4 is 0 Å². The first-order valence-electron chi connectivity index (χ1n) is 17.0. The Balaban J connectivity index is 0.000000202. The maximum atomic E-state index is 5.80. The van der Waals surface area contributed by atoms with E-state index in [-0.39, 0.29) is 0 Å². The Labute approximate surface area is 361 Å². The molecule has 52 heavy (non-hydrogen) atoms. The van der Waals surface area contributed by atoms with Gasteiger partial charge in [-0.1, -0.05) is 136 Å². The summed E-state index contributed by atoms with van der Waals surface area (Å²) in [7, 11) is 10.9. The van der Waals surface area contributed by atoms with Gasteiger partial charge >= 0.3 is 49.9 Å². The van der Waals surface area contributed by atoms with Crippen molar-refractivity contribution in [3.05, 3.63) is 132 Å². The summed E-state index contributed by atoms with van der Waals surface area (Å²) in [5.41, 5.74) is 7.89. The predicted molar refractivity (Wildman–Crippen MR) is 241 cm³/mol. The number of aryl methyl sites for hydroxylation is 2. The van der Waals surface area contributed by atoms with E-state index in [4.69, 9.17) is 83.5 Å². The molecule has 0 heterocycles. The van der Waals surface area contributed by atoms with Crippen molar-refractivity contribution in [2.45, 2.75) is 63.7 Å². The fourth-order valence-corrected chi connectivity index (χ4v) is 10.7. The second kappa shape index (κ2) is 24.6. The van der Waals surface area contributed by atoms with Crippen molar-refractivity contribution in [1.82, 2.24) is 0 Å². The molecule has 0 aromatic heterocycles. The van der Waals surface area contributed by atoms with Gasteiger partial charge in [0.05, 0.1) is 0 Å². The van der Waals surface area contributed by atoms with Gasteiger partial charge in [0.2, 0.25) is 0 Å². The molecule has 2 radical (unpaired) electrons. The van der Waals surface area contributed by atoms with Gasteiger partial charge in [0, 0.05) is 9.52 Å². The van der Waals surface area contributed by atoms with Crippen LogP contribution in [-0.2, 0) is 20.8 Å². The minimum absolute atomic E-state index is 0.779. The fourth-order valence-electron chi connectivity index (χ4n) is 5.78. The molecule has 0 fully saturated rings. The van der Waals surface area contributed by atoms with Crippen molar-refractivity contribution in [1.29, 1.82) is 0 Å². The number of rotatable bonds is 12. The molecule has 0 saturated carbocycles. The summed E-state index contributed by atoms with van der Waals surface area (Å²) in [6.07, 6.45) is 4.41. The van der Waals surface area contributed by atoms with Crippen LogP contribution in [0.3, 0.4) is 0 Å². The van der Waals surface area contributed by atoms with Gasteiger partial charge < -0.3 is 0 Å². The van der Waals surface area contributed by atoms with Gasteiger partial charge in [-0.2, -0.15) is 12.1 Å². The van der Waals surface area contributed by atoms with Gasteiger partial charge in [-0.05, 0) is 23.2 Å². The number of fused-ring (bicyclic) bond motifs is 2. The fraction of sp³-hybridized carbons (Fsp3) is 0.250. The van der Waals surface area contributed by atoms with E-state index in [1.165, 1.54) is 79.9 Å². The Bertz CT molecular complexity index is 1730. The summed E-state index contributed by atoms with van der Waals surface area (Å²) in [6.45, 7) is 4.30. The first-order valence-corrected chi connectivity index (χ1v) is 35.3. The van der Waals surface area contributed by atoms with Crippen LogP contribution in [-0.4, -0.2) is 21.5 Å². The number of benzene rings is 4. The third kappa shape index (κ3) is 17.8. The van der Waals surface area contributed by atoms with Crippen molar-refractivity contribution in [3.8, 4) is 22.3 Å². The quantitative estimate of drug-likeness (QED) is 0.0496. The van der Waals surface area contributed by atoms with Crippen molar-refractivity contribution >= 4 is 127 Å². The van der Waals surface area contributed by atoms with Gasteiger partial charge in [-0.3, -0.25) is 0 Å². The normalized spacial score (nSPS) is 11.1. The molecule has 0 atom stereocenters. The molecule has 0 bridgehead atoms. The SMILES string of the molecule is Cc1cc2c(-c3ccccc3)cccc2[cH-]1.Cc1cc2c(-c3ccccc3)cccc2[cH-]1.Cl[Si](Cl)(Cl)CCCC[Si]CCCC[Si](Cl)(Cl)Cl.[Cl][Zr+2][Cl]. The van der Waals surface area contributed by atoms with E-state index < -0.39 is 32.9 Å². The number of hydrogen-bond donors (Lipinski definition) is 0. The van der Waals surface area contributed by atoms with Crippen LogP contribution in [0, 0.1) is 13.8 Å². The van der Waals surface area contributed by atoms with Crippen LogP contribution in [0.2, 0.25) is 24.2 Å². The average Bonchev–Trinajstić information content (AvgIpc) is 3.69. The van der Waals surface area contributed by atoms with Crippen molar-refractivity contribution in [3.63, 3.8) is 0 Å². The Morgan fingerprint density at radius 1 is 0.519 bits per heavy atom. The molecule has 6 aromatic rings. The second-order valence-corrected chi connectivity index (χ2v) is 36.2. The Morgan fingerprint density at radius 3 is 1.23 bits per heavy atom. The molecule has 0 saturated heterocycles. The molecule has 0 aliphatic carbocycles. The molecule has 6 aromatic carbocycles. The van der Waals surface area contributed by atoms with Gasteiger partial charge in [-0.15, -0.1) is 136 Å².